The van der Waals surface area contributed by atoms with Crippen LogP contribution in [0, 0.1) is 0 Å². The first-order chi connectivity index (χ1) is 13.8. The number of hydrogen-bond donors (Lipinski definition) is 2. The lowest BCUT2D eigenvalue weighted by molar-refractivity contribution is 1.10. The Kier molecular flexibility index (Phi) is 4.35. The van der Waals surface area contributed by atoms with Gasteiger partial charge in [0.1, 0.15) is 5.01 Å². The number of aromatic nitrogens is 3. The topological polar surface area (TPSA) is 53.6 Å². The Balaban J connectivity index is 1.34. The molecule has 0 bridgehead atoms. The number of imidazole rings is 1. The van der Waals surface area contributed by atoms with E-state index in [-0.39, 0.29) is 0 Å². The summed E-state index contributed by atoms with van der Waals surface area (Å²) in [5.41, 5.74) is 6.49. The van der Waals surface area contributed by atoms with Crippen molar-refractivity contribution in [3.63, 3.8) is 0 Å². The van der Waals surface area contributed by atoms with E-state index in [0.29, 0.717) is 6.54 Å². The third kappa shape index (κ3) is 3.40. The predicted octanol–water partition coefficient (Wildman–Crippen LogP) is 5.97. The zero-order valence-corrected chi connectivity index (χ0v) is 15.9. The molecule has 136 valence electrons. The Morgan fingerprint density at radius 2 is 1.64 bits per heavy atom. The molecule has 4 nitrogen and oxygen atoms in total. The van der Waals surface area contributed by atoms with Gasteiger partial charge in [-0.25, -0.2) is 9.97 Å². The molecule has 5 rings (SSSR count). The number of aromatic amines is 1. The van der Waals surface area contributed by atoms with Crippen LogP contribution in [0.2, 0.25) is 0 Å². The summed E-state index contributed by atoms with van der Waals surface area (Å²) in [7, 11) is 0. The fourth-order valence-corrected chi connectivity index (χ4v) is 4.01. The van der Waals surface area contributed by atoms with Crippen molar-refractivity contribution in [2.75, 3.05) is 5.32 Å². The maximum atomic E-state index is 4.82. The van der Waals surface area contributed by atoms with Gasteiger partial charge in [0.15, 0.2) is 0 Å². The fraction of sp³-hybridized carbons (Fsp3) is 0.0435. The molecule has 2 heterocycles. The molecule has 2 aromatic heterocycles. The number of fused-ring (bicyclic) bond motifs is 1. The van der Waals surface area contributed by atoms with Gasteiger partial charge in [-0.15, -0.1) is 11.3 Å². The third-order valence-corrected chi connectivity index (χ3v) is 5.49. The highest BCUT2D eigenvalue weighted by molar-refractivity contribution is 7.13. The van der Waals surface area contributed by atoms with Gasteiger partial charge in [-0.2, -0.15) is 0 Å². The SMILES string of the molecule is c1ccc(-c2csc(-c3cccc(CNc4nc5ccccc5[nH]4)c3)n2)cc1. The molecule has 0 fully saturated rings. The second-order valence-corrected chi connectivity index (χ2v) is 7.42. The molecule has 0 aliphatic carbocycles. The molecule has 5 aromatic rings. The van der Waals surface area contributed by atoms with Crippen LogP contribution in [-0.4, -0.2) is 15.0 Å². The average molecular weight is 382 g/mol. The second-order valence-electron chi connectivity index (χ2n) is 6.56. The van der Waals surface area contributed by atoms with Crippen molar-refractivity contribution in [3.05, 3.63) is 89.8 Å². The standard InChI is InChI=1S/C23H18N4S/c1-2-8-17(9-3-1)21-15-28-22(25-21)18-10-6-7-16(13-18)14-24-23-26-19-11-4-5-12-20(19)27-23/h1-13,15H,14H2,(H2,24,26,27). The molecule has 0 unspecified atom stereocenters. The van der Waals surface area contributed by atoms with Gasteiger partial charge in [0, 0.05) is 23.1 Å². The van der Waals surface area contributed by atoms with Crippen molar-refractivity contribution in [2.24, 2.45) is 0 Å². The molecule has 5 heteroatoms. The molecular formula is C23H18N4S. The summed E-state index contributed by atoms with van der Waals surface area (Å²) in [6.45, 7) is 0.699. The van der Waals surface area contributed by atoms with E-state index in [1.165, 1.54) is 5.56 Å². The maximum absolute atomic E-state index is 4.82. The van der Waals surface area contributed by atoms with Crippen molar-refractivity contribution in [2.45, 2.75) is 6.54 Å². The van der Waals surface area contributed by atoms with E-state index in [1.807, 2.05) is 42.5 Å². The largest absolute Gasteiger partial charge is 0.352 e. The lowest BCUT2D eigenvalue weighted by Crippen LogP contribution is -2.00. The minimum Gasteiger partial charge on any atom is -0.352 e. The number of H-pyrrole nitrogens is 1. The van der Waals surface area contributed by atoms with Crippen molar-refractivity contribution >= 4 is 28.3 Å². The maximum Gasteiger partial charge on any atom is 0.201 e. The van der Waals surface area contributed by atoms with Crippen LogP contribution < -0.4 is 5.32 Å². The van der Waals surface area contributed by atoms with Gasteiger partial charge in [-0.05, 0) is 23.8 Å². The lowest BCUT2D eigenvalue weighted by Gasteiger charge is -2.05. The number of anilines is 1. The van der Waals surface area contributed by atoms with E-state index >= 15 is 0 Å². The Hall–Kier alpha value is -3.44. The smallest absolute Gasteiger partial charge is 0.201 e. The molecule has 0 spiro atoms. The van der Waals surface area contributed by atoms with Crippen LogP contribution in [0.3, 0.4) is 0 Å². The molecule has 0 aliphatic rings. The second kappa shape index (κ2) is 7.29. The molecule has 2 N–H and O–H groups in total. The van der Waals surface area contributed by atoms with Crippen LogP contribution in [0.4, 0.5) is 5.95 Å². The summed E-state index contributed by atoms with van der Waals surface area (Å²) in [5.74, 6) is 0.784. The van der Waals surface area contributed by atoms with E-state index in [9.17, 15) is 0 Å². The lowest BCUT2D eigenvalue weighted by atomic mass is 10.1. The first-order valence-corrected chi connectivity index (χ1v) is 10.0. The molecule has 0 radical (unpaired) electrons. The van der Waals surface area contributed by atoms with Gasteiger partial charge in [0.2, 0.25) is 5.95 Å². The van der Waals surface area contributed by atoms with Crippen LogP contribution in [0.15, 0.2) is 84.2 Å². The van der Waals surface area contributed by atoms with Crippen LogP contribution in [0.25, 0.3) is 32.9 Å². The number of thiazole rings is 1. The van der Waals surface area contributed by atoms with E-state index < -0.39 is 0 Å². The molecule has 28 heavy (non-hydrogen) atoms. The van der Waals surface area contributed by atoms with Crippen molar-refractivity contribution < 1.29 is 0 Å². The minimum atomic E-state index is 0.699. The Labute approximate surface area is 166 Å². The molecule has 0 atom stereocenters. The first kappa shape index (κ1) is 16.7. The van der Waals surface area contributed by atoms with E-state index in [0.717, 1.165) is 38.8 Å². The fourth-order valence-electron chi connectivity index (χ4n) is 3.18. The summed E-state index contributed by atoms with van der Waals surface area (Å²) < 4.78 is 0. The number of nitrogens with zero attached hydrogens (tertiary/aromatic N) is 2. The van der Waals surface area contributed by atoms with Crippen LogP contribution in [-0.2, 0) is 6.54 Å². The van der Waals surface area contributed by atoms with Crippen molar-refractivity contribution in [1.29, 1.82) is 0 Å². The third-order valence-electron chi connectivity index (χ3n) is 4.60. The molecule has 0 amide bonds. The minimum absolute atomic E-state index is 0.699. The molecular weight excluding hydrogens is 364 g/mol. The average Bonchev–Trinajstić information content (AvgIpc) is 3.40. The predicted molar refractivity (Wildman–Crippen MR) is 116 cm³/mol. The summed E-state index contributed by atoms with van der Waals surface area (Å²) in [6, 6.07) is 26.8. The molecule has 0 aliphatic heterocycles. The normalized spacial score (nSPS) is 11.0. The summed E-state index contributed by atoms with van der Waals surface area (Å²) in [6.07, 6.45) is 0. The van der Waals surface area contributed by atoms with Crippen molar-refractivity contribution in [3.8, 4) is 21.8 Å². The summed E-state index contributed by atoms with van der Waals surface area (Å²) >= 11 is 1.67. The Morgan fingerprint density at radius 3 is 2.54 bits per heavy atom. The highest BCUT2D eigenvalue weighted by Gasteiger charge is 2.08. The molecule has 3 aromatic carbocycles. The van der Waals surface area contributed by atoms with Gasteiger partial charge in [0.25, 0.3) is 0 Å². The number of nitrogens with one attached hydrogen (secondary N) is 2. The number of hydrogen-bond acceptors (Lipinski definition) is 4. The van der Waals surface area contributed by atoms with Gasteiger partial charge in [-0.3, -0.25) is 0 Å². The Bertz CT molecular complexity index is 1190. The number of benzene rings is 3. The zero-order chi connectivity index (χ0) is 18.8. The van der Waals surface area contributed by atoms with Crippen LogP contribution in [0.1, 0.15) is 5.56 Å². The number of rotatable bonds is 5. The van der Waals surface area contributed by atoms with Crippen LogP contribution in [0.5, 0.6) is 0 Å². The summed E-state index contributed by atoms with van der Waals surface area (Å²) in [5, 5.41) is 6.52. The zero-order valence-electron chi connectivity index (χ0n) is 15.1. The Morgan fingerprint density at radius 1 is 0.821 bits per heavy atom. The monoisotopic (exact) mass is 382 g/mol. The quantitative estimate of drug-likeness (QED) is 0.394. The van der Waals surface area contributed by atoms with Crippen molar-refractivity contribution in [1.82, 2.24) is 15.0 Å². The van der Waals surface area contributed by atoms with E-state index in [1.54, 1.807) is 11.3 Å². The molecule has 0 saturated heterocycles. The van der Waals surface area contributed by atoms with Gasteiger partial charge < -0.3 is 10.3 Å². The van der Waals surface area contributed by atoms with Gasteiger partial charge in [-0.1, -0.05) is 60.7 Å². The van der Waals surface area contributed by atoms with E-state index in [2.05, 4.69) is 57.1 Å². The first-order valence-electron chi connectivity index (χ1n) is 9.14. The van der Waals surface area contributed by atoms with E-state index in [4.69, 9.17) is 4.98 Å². The van der Waals surface area contributed by atoms with Crippen LogP contribution >= 0.6 is 11.3 Å². The molecule has 0 saturated carbocycles. The number of para-hydroxylation sites is 2. The highest BCUT2D eigenvalue weighted by atomic mass is 32.1. The van der Waals surface area contributed by atoms with Gasteiger partial charge in [0.05, 0.1) is 16.7 Å². The summed E-state index contributed by atoms with van der Waals surface area (Å²) in [4.78, 5) is 12.7. The van der Waals surface area contributed by atoms with Gasteiger partial charge >= 0.3 is 0 Å². The highest BCUT2D eigenvalue weighted by Crippen LogP contribution is 2.29.